The predicted molar refractivity (Wildman–Crippen MR) is 53.5 cm³/mol. The van der Waals surface area contributed by atoms with Crippen LogP contribution in [0.5, 0.6) is 0 Å². The van der Waals surface area contributed by atoms with Gasteiger partial charge in [0.05, 0.1) is 12.1 Å². The Morgan fingerprint density at radius 3 is 2.54 bits per heavy atom. The van der Waals surface area contributed by atoms with E-state index < -0.39 is 0 Å². The minimum Gasteiger partial charge on any atom is -0.494 e. The number of hydrogen-bond acceptors (Lipinski definition) is 2. The molecule has 2 nitrogen and oxygen atoms in total. The lowest BCUT2D eigenvalue weighted by molar-refractivity contribution is 0.108. The van der Waals surface area contributed by atoms with Gasteiger partial charge in [0, 0.05) is 0 Å². The summed E-state index contributed by atoms with van der Waals surface area (Å²) in [6.07, 6.45) is 8.04. The molecule has 1 unspecified atom stereocenters. The lowest BCUT2D eigenvalue weighted by Gasteiger charge is -2.19. The molecule has 0 amide bonds. The third kappa shape index (κ3) is 2.25. The molecule has 0 aromatic carbocycles. The number of nitrogens with one attached hydrogen (secondary N) is 1. The van der Waals surface area contributed by atoms with Gasteiger partial charge in [-0.2, -0.15) is 0 Å². The number of hydrogen-bond donors (Lipinski definition) is 1. The lowest BCUT2D eigenvalue weighted by Crippen LogP contribution is -2.26. The summed E-state index contributed by atoms with van der Waals surface area (Å²) in [6, 6.07) is 0.431. The van der Waals surface area contributed by atoms with Crippen molar-refractivity contribution >= 4 is 0 Å². The summed E-state index contributed by atoms with van der Waals surface area (Å²) in [6.45, 7) is 5.14. The topological polar surface area (TPSA) is 21.3 Å². The molecule has 0 aromatic rings. The van der Waals surface area contributed by atoms with Crippen LogP contribution in [-0.4, -0.2) is 18.7 Å². The van der Waals surface area contributed by atoms with Crippen molar-refractivity contribution in [1.82, 2.24) is 5.32 Å². The molecule has 0 aromatic heterocycles. The molecule has 1 atom stereocenters. The first-order chi connectivity index (χ1) is 6.36. The number of ether oxygens (including phenoxy) is 1. The summed E-state index contributed by atoms with van der Waals surface area (Å²) in [4.78, 5) is 0. The summed E-state index contributed by atoms with van der Waals surface area (Å²) in [5.74, 6) is 0.976. The van der Waals surface area contributed by atoms with Gasteiger partial charge in [0.15, 0.2) is 0 Å². The Balaban J connectivity index is 1.76. The van der Waals surface area contributed by atoms with E-state index in [0.717, 1.165) is 12.3 Å². The Morgan fingerprint density at radius 1 is 1.15 bits per heavy atom. The van der Waals surface area contributed by atoms with E-state index in [1.807, 2.05) is 0 Å². The largest absolute Gasteiger partial charge is 0.494 e. The third-order valence-corrected chi connectivity index (χ3v) is 3.07. The average molecular weight is 181 g/mol. The van der Waals surface area contributed by atoms with Crippen LogP contribution in [0.1, 0.15) is 38.5 Å². The van der Waals surface area contributed by atoms with Crippen LogP contribution in [0.25, 0.3) is 0 Å². The normalized spacial score (nSPS) is 29.4. The molecule has 1 aliphatic heterocycles. The molecule has 74 valence electrons. The number of rotatable bonds is 3. The van der Waals surface area contributed by atoms with Crippen LogP contribution in [0, 0.1) is 0 Å². The fraction of sp³-hybridized carbons (Fsp3) is 0.818. The third-order valence-electron chi connectivity index (χ3n) is 3.07. The van der Waals surface area contributed by atoms with Gasteiger partial charge in [-0.15, -0.1) is 0 Å². The van der Waals surface area contributed by atoms with E-state index in [9.17, 15) is 0 Å². The molecular weight excluding hydrogens is 162 g/mol. The molecule has 0 spiro atoms. The van der Waals surface area contributed by atoms with Gasteiger partial charge in [0.1, 0.15) is 5.76 Å². The average Bonchev–Trinajstić information content (AvgIpc) is 2.74. The Labute approximate surface area is 80.4 Å². The maximum atomic E-state index is 5.84. The predicted octanol–water partition coefficient (Wildman–Crippen LogP) is 2.21. The molecule has 2 fully saturated rings. The van der Waals surface area contributed by atoms with E-state index in [1.165, 1.54) is 38.5 Å². The van der Waals surface area contributed by atoms with Crippen molar-refractivity contribution in [1.29, 1.82) is 0 Å². The Kier molecular flexibility index (Phi) is 2.89. The second kappa shape index (κ2) is 4.14. The van der Waals surface area contributed by atoms with Gasteiger partial charge in [-0.1, -0.05) is 6.58 Å². The van der Waals surface area contributed by atoms with Crippen LogP contribution in [0.2, 0.25) is 0 Å². The molecule has 0 radical (unpaired) electrons. The molecule has 1 aliphatic carbocycles. The summed E-state index contributed by atoms with van der Waals surface area (Å²) < 4.78 is 5.84. The summed E-state index contributed by atoms with van der Waals surface area (Å²) in [7, 11) is 0. The Morgan fingerprint density at radius 2 is 1.92 bits per heavy atom. The van der Waals surface area contributed by atoms with Crippen molar-refractivity contribution in [2.45, 2.75) is 50.7 Å². The first-order valence-corrected chi connectivity index (χ1v) is 5.45. The Hall–Kier alpha value is -0.500. The smallest absolute Gasteiger partial charge is 0.106 e. The summed E-state index contributed by atoms with van der Waals surface area (Å²) >= 11 is 0. The fourth-order valence-electron chi connectivity index (χ4n) is 2.26. The van der Waals surface area contributed by atoms with Gasteiger partial charge < -0.3 is 10.1 Å². The highest BCUT2D eigenvalue weighted by Crippen LogP contribution is 2.25. The SMILES string of the molecule is C=C(OC1CCCC1)C1CCCN1. The summed E-state index contributed by atoms with van der Waals surface area (Å²) in [5.41, 5.74) is 0. The van der Waals surface area contributed by atoms with E-state index in [0.29, 0.717) is 12.1 Å². The van der Waals surface area contributed by atoms with E-state index in [2.05, 4.69) is 11.9 Å². The Bertz CT molecular complexity index is 179. The van der Waals surface area contributed by atoms with Crippen molar-refractivity contribution < 1.29 is 4.74 Å². The lowest BCUT2D eigenvalue weighted by atomic mass is 10.2. The van der Waals surface area contributed by atoms with E-state index in [4.69, 9.17) is 4.74 Å². The van der Waals surface area contributed by atoms with Crippen LogP contribution in [0.3, 0.4) is 0 Å². The molecule has 2 aliphatic rings. The first-order valence-electron chi connectivity index (χ1n) is 5.45. The maximum absolute atomic E-state index is 5.84. The van der Waals surface area contributed by atoms with Gasteiger partial charge in [-0.05, 0) is 45.1 Å². The van der Waals surface area contributed by atoms with Crippen LogP contribution in [-0.2, 0) is 4.74 Å². The van der Waals surface area contributed by atoms with Crippen molar-refractivity contribution in [3.8, 4) is 0 Å². The van der Waals surface area contributed by atoms with Gasteiger partial charge in [-0.3, -0.25) is 0 Å². The fourth-order valence-corrected chi connectivity index (χ4v) is 2.26. The minimum atomic E-state index is 0.431. The molecule has 1 N–H and O–H groups in total. The molecule has 13 heavy (non-hydrogen) atoms. The molecule has 1 saturated heterocycles. The molecule has 0 bridgehead atoms. The van der Waals surface area contributed by atoms with Crippen molar-refractivity contribution in [2.75, 3.05) is 6.54 Å². The van der Waals surface area contributed by atoms with Gasteiger partial charge in [0.25, 0.3) is 0 Å². The van der Waals surface area contributed by atoms with Crippen LogP contribution >= 0.6 is 0 Å². The van der Waals surface area contributed by atoms with Gasteiger partial charge >= 0.3 is 0 Å². The molecule has 2 rings (SSSR count). The van der Waals surface area contributed by atoms with Crippen LogP contribution < -0.4 is 5.32 Å². The van der Waals surface area contributed by atoms with Gasteiger partial charge in [-0.25, -0.2) is 0 Å². The first kappa shape index (κ1) is 9.07. The highest BCUT2D eigenvalue weighted by molar-refractivity contribution is 5.00. The van der Waals surface area contributed by atoms with Crippen molar-refractivity contribution in [3.63, 3.8) is 0 Å². The van der Waals surface area contributed by atoms with E-state index in [-0.39, 0.29) is 0 Å². The van der Waals surface area contributed by atoms with E-state index >= 15 is 0 Å². The standard InChI is InChI=1S/C11H19NO/c1-9(11-7-4-8-12-11)13-10-5-2-3-6-10/h10-12H,1-8H2. The zero-order chi connectivity index (χ0) is 9.10. The van der Waals surface area contributed by atoms with Crippen LogP contribution in [0.4, 0.5) is 0 Å². The second-order valence-electron chi connectivity index (χ2n) is 4.14. The van der Waals surface area contributed by atoms with Gasteiger partial charge in [0.2, 0.25) is 0 Å². The molecular formula is C11H19NO. The molecule has 2 heteroatoms. The minimum absolute atomic E-state index is 0.431. The zero-order valence-corrected chi connectivity index (χ0v) is 8.22. The summed E-state index contributed by atoms with van der Waals surface area (Å²) in [5, 5.41) is 3.41. The van der Waals surface area contributed by atoms with E-state index in [1.54, 1.807) is 0 Å². The quantitative estimate of drug-likeness (QED) is 0.674. The van der Waals surface area contributed by atoms with Crippen molar-refractivity contribution in [2.24, 2.45) is 0 Å². The van der Waals surface area contributed by atoms with Crippen LogP contribution in [0.15, 0.2) is 12.3 Å². The molecule has 1 saturated carbocycles. The molecule has 1 heterocycles. The monoisotopic (exact) mass is 181 g/mol. The second-order valence-corrected chi connectivity index (χ2v) is 4.14. The zero-order valence-electron chi connectivity index (χ0n) is 8.22. The maximum Gasteiger partial charge on any atom is 0.106 e. The van der Waals surface area contributed by atoms with Crippen molar-refractivity contribution in [3.05, 3.63) is 12.3 Å². The highest BCUT2D eigenvalue weighted by atomic mass is 16.5. The highest BCUT2D eigenvalue weighted by Gasteiger charge is 2.22.